The quantitative estimate of drug-likeness (QED) is 0.294. The van der Waals surface area contributed by atoms with Crippen molar-refractivity contribution in [1.82, 2.24) is 19.2 Å². The van der Waals surface area contributed by atoms with Crippen LogP contribution in [0, 0.1) is 6.92 Å². The Balaban J connectivity index is 1.57. The lowest BCUT2D eigenvalue weighted by Crippen LogP contribution is -2.38. The monoisotopic (exact) mass is 528 g/mol. The first kappa shape index (κ1) is 24.8. The van der Waals surface area contributed by atoms with Gasteiger partial charge in [-0.1, -0.05) is 35.3 Å². The van der Waals surface area contributed by atoms with E-state index in [0.29, 0.717) is 58.8 Å². The average Bonchev–Trinajstić information content (AvgIpc) is 3.34. The van der Waals surface area contributed by atoms with Crippen molar-refractivity contribution in [3.8, 4) is 0 Å². The molecule has 36 heavy (non-hydrogen) atoms. The van der Waals surface area contributed by atoms with Gasteiger partial charge in [0, 0.05) is 32.4 Å². The van der Waals surface area contributed by atoms with Crippen LogP contribution < -0.4 is 0 Å². The number of aryl methyl sites for hydroxylation is 1. The van der Waals surface area contributed by atoms with Crippen molar-refractivity contribution in [3.05, 3.63) is 75.2 Å². The molecule has 2 fully saturated rings. The normalized spacial score (nSPS) is 20.5. The number of aromatic nitrogens is 2. The SMILES string of the molecule is Cc1nc2ccccn2c1C(O)=C1C(=O)C(=O)N(CCCN2CCOCC2)C1c1ccc(Cl)c(Cl)c1. The topological polar surface area (TPSA) is 87.4 Å². The lowest BCUT2D eigenvalue weighted by molar-refractivity contribution is -0.140. The number of likely N-dealkylation sites (tertiary alicyclic amines) is 1. The number of Topliss-reactive ketones (excluding diaryl/α,β-unsaturated/α-hetero) is 1. The molecular weight excluding hydrogens is 503 g/mol. The van der Waals surface area contributed by atoms with Gasteiger partial charge in [-0.2, -0.15) is 0 Å². The lowest BCUT2D eigenvalue weighted by atomic mass is 9.96. The Morgan fingerprint density at radius 3 is 2.64 bits per heavy atom. The molecule has 5 rings (SSSR count). The molecule has 1 amide bonds. The second-order valence-electron chi connectivity index (χ2n) is 8.95. The molecule has 0 bridgehead atoms. The summed E-state index contributed by atoms with van der Waals surface area (Å²) in [6.07, 6.45) is 2.43. The number of rotatable bonds is 6. The highest BCUT2D eigenvalue weighted by Gasteiger charge is 2.46. The number of carbonyl (C=O) groups excluding carboxylic acids is 2. The van der Waals surface area contributed by atoms with Crippen molar-refractivity contribution in [2.24, 2.45) is 0 Å². The van der Waals surface area contributed by atoms with Crippen LogP contribution in [0.1, 0.15) is 29.4 Å². The minimum absolute atomic E-state index is 0.0125. The molecule has 0 saturated carbocycles. The van der Waals surface area contributed by atoms with E-state index in [4.69, 9.17) is 27.9 Å². The van der Waals surface area contributed by atoms with Gasteiger partial charge >= 0.3 is 0 Å². The number of ketones is 1. The maximum Gasteiger partial charge on any atom is 0.295 e. The van der Waals surface area contributed by atoms with E-state index in [1.165, 1.54) is 4.90 Å². The number of nitrogens with zero attached hydrogens (tertiary/aromatic N) is 4. The molecule has 1 N–H and O–H groups in total. The van der Waals surface area contributed by atoms with E-state index in [9.17, 15) is 14.7 Å². The van der Waals surface area contributed by atoms with E-state index in [1.807, 2.05) is 18.2 Å². The number of aliphatic hydroxyl groups excluding tert-OH is 1. The zero-order valence-corrected chi connectivity index (χ0v) is 21.3. The van der Waals surface area contributed by atoms with Crippen LogP contribution in [-0.2, 0) is 14.3 Å². The highest BCUT2D eigenvalue weighted by Crippen LogP contribution is 2.41. The standard InChI is InChI=1S/C26H26Cl2N4O4/c1-16-22(31-9-3-2-5-20(31)29-16)24(33)21-23(17-6-7-18(27)19(28)15-17)32(26(35)25(21)34)10-4-8-30-11-13-36-14-12-30/h2-3,5-7,9,15,23,33H,4,8,10-14H2,1H3. The molecule has 10 heteroatoms. The fourth-order valence-corrected chi connectivity index (χ4v) is 5.26. The average molecular weight is 529 g/mol. The van der Waals surface area contributed by atoms with Gasteiger partial charge < -0.3 is 14.7 Å². The van der Waals surface area contributed by atoms with Crippen LogP contribution in [-0.4, -0.2) is 75.4 Å². The molecule has 1 atom stereocenters. The molecule has 1 unspecified atom stereocenters. The third-order valence-corrected chi connectivity index (χ3v) is 7.44. The molecular formula is C26H26Cl2N4O4. The Bertz CT molecular complexity index is 1360. The number of halogens is 2. The number of carbonyl (C=O) groups is 2. The van der Waals surface area contributed by atoms with Gasteiger partial charge in [0.25, 0.3) is 11.7 Å². The Morgan fingerprint density at radius 2 is 1.89 bits per heavy atom. The zero-order chi connectivity index (χ0) is 25.4. The smallest absolute Gasteiger partial charge is 0.295 e. The summed E-state index contributed by atoms with van der Waals surface area (Å²) < 4.78 is 7.12. The molecule has 1 aromatic carbocycles. The molecule has 0 spiro atoms. The second-order valence-corrected chi connectivity index (χ2v) is 9.76. The summed E-state index contributed by atoms with van der Waals surface area (Å²) in [6.45, 7) is 5.92. The third kappa shape index (κ3) is 4.50. The van der Waals surface area contributed by atoms with Gasteiger partial charge in [0.1, 0.15) is 11.3 Å². The predicted octanol–water partition coefficient (Wildman–Crippen LogP) is 4.09. The van der Waals surface area contributed by atoms with E-state index in [-0.39, 0.29) is 11.3 Å². The molecule has 2 saturated heterocycles. The summed E-state index contributed by atoms with van der Waals surface area (Å²) in [5.41, 5.74) is 2.16. The van der Waals surface area contributed by atoms with E-state index in [2.05, 4.69) is 9.88 Å². The fraction of sp³-hybridized carbons (Fsp3) is 0.346. The van der Waals surface area contributed by atoms with Gasteiger partial charge in [-0.3, -0.25) is 18.9 Å². The van der Waals surface area contributed by atoms with Gasteiger partial charge in [-0.05, 0) is 43.2 Å². The Hall–Kier alpha value is -2.91. The maximum atomic E-state index is 13.4. The molecule has 8 nitrogen and oxygen atoms in total. The van der Waals surface area contributed by atoms with Gasteiger partial charge in [-0.15, -0.1) is 0 Å². The Kier molecular flexibility index (Phi) is 7.03. The molecule has 0 aliphatic carbocycles. The number of benzene rings is 1. The van der Waals surface area contributed by atoms with E-state index >= 15 is 0 Å². The van der Waals surface area contributed by atoms with Crippen molar-refractivity contribution in [2.45, 2.75) is 19.4 Å². The van der Waals surface area contributed by atoms with Crippen molar-refractivity contribution >= 4 is 46.3 Å². The first-order valence-electron chi connectivity index (χ1n) is 11.8. The van der Waals surface area contributed by atoms with Crippen molar-refractivity contribution in [3.63, 3.8) is 0 Å². The number of hydrogen-bond donors (Lipinski definition) is 1. The number of imidazole rings is 1. The van der Waals surface area contributed by atoms with Crippen LogP contribution in [0.3, 0.4) is 0 Å². The van der Waals surface area contributed by atoms with Crippen LogP contribution in [0.25, 0.3) is 11.4 Å². The van der Waals surface area contributed by atoms with Crippen LogP contribution in [0.4, 0.5) is 0 Å². The number of fused-ring (bicyclic) bond motifs is 1. The first-order chi connectivity index (χ1) is 17.4. The number of amides is 1. The minimum atomic E-state index is -0.807. The summed E-state index contributed by atoms with van der Waals surface area (Å²) in [5.74, 6) is -1.65. The number of hydrogen-bond acceptors (Lipinski definition) is 6. The second kappa shape index (κ2) is 10.2. The number of morpholine rings is 1. The van der Waals surface area contributed by atoms with Gasteiger partial charge in [0.15, 0.2) is 5.76 Å². The van der Waals surface area contributed by atoms with Gasteiger partial charge in [0.05, 0.1) is 40.6 Å². The van der Waals surface area contributed by atoms with Crippen molar-refractivity contribution in [1.29, 1.82) is 0 Å². The third-order valence-electron chi connectivity index (χ3n) is 6.70. The van der Waals surface area contributed by atoms with Gasteiger partial charge in [-0.25, -0.2) is 4.98 Å². The Labute approximate surface area is 218 Å². The largest absolute Gasteiger partial charge is 0.505 e. The van der Waals surface area contributed by atoms with Crippen LogP contribution >= 0.6 is 23.2 Å². The number of aliphatic hydroxyl groups is 1. The molecule has 2 aliphatic heterocycles. The molecule has 3 aromatic rings. The summed E-state index contributed by atoms with van der Waals surface area (Å²) in [6, 6.07) is 9.66. The minimum Gasteiger partial charge on any atom is -0.505 e. The van der Waals surface area contributed by atoms with Gasteiger partial charge in [0.2, 0.25) is 0 Å². The van der Waals surface area contributed by atoms with Crippen LogP contribution in [0.2, 0.25) is 10.0 Å². The highest BCUT2D eigenvalue weighted by molar-refractivity contribution is 6.46. The molecule has 4 heterocycles. The molecule has 188 valence electrons. The van der Waals surface area contributed by atoms with E-state index in [1.54, 1.807) is 35.7 Å². The predicted molar refractivity (Wildman–Crippen MR) is 137 cm³/mol. The zero-order valence-electron chi connectivity index (χ0n) is 19.8. The summed E-state index contributed by atoms with van der Waals surface area (Å²) in [7, 11) is 0. The van der Waals surface area contributed by atoms with E-state index < -0.39 is 17.7 Å². The summed E-state index contributed by atoms with van der Waals surface area (Å²) in [5, 5.41) is 12.2. The molecule has 0 radical (unpaired) electrons. The number of ether oxygens (including phenoxy) is 1. The van der Waals surface area contributed by atoms with Crippen molar-refractivity contribution in [2.75, 3.05) is 39.4 Å². The lowest BCUT2D eigenvalue weighted by Gasteiger charge is -2.29. The highest BCUT2D eigenvalue weighted by atomic mass is 35.5. The van der Waals surface area contributed by atoms with E-state index in [0.717, 1.165) is 19.6 Å². The van der Waals surface area contributed by atoms with Crippen LogP contribution in [0.5, 0.6) is 0 Å². The number of pyridine rings is 1. The van der Waals surface area contributed by atoms with Crippen molar-refractivity contribution < 1.29 is 19.4 Å². The summed E-state index contributed by atoms with van der Waals surface area (Å²) in [4.78, 5) is 34.9. The fourth-order valence-electron chi connectivity index (χ4n) is 4.96. The molecule has 2 aromatic heterocycles. The Morgan fingerprint density at radius 1 is 1.11 bits per heavy atom. The molecule has 2 aliphatic rings. The maximum absolute atomic E-state index is 13.4. The van der Waals surface area contributed by atoms with Crippen LogP contribution in [0.15, 0.2) is 48.2 Å². The first-order valence-corrected chi connectivity index (χ1v) is 12.6. The summed E-state index contributed by atoms with van der Waals surface area (Å²) >= 11 is 12.5.